The second-order valence-corrected chi connectivity index (χ2v) is 6.77. The van der Waals surface area contributed by atoms with E-state index in [1.165, 1.54) is 0 Å². The number of thioether (sulfide) groups is 1. The summed E-state index contributed by atoms with van der Waals surface area (Å²) in [5.74, 6) is 1.44. The van der Waals surface area contributed by atoms with E-state index in [4.69, 9.17) is 9.47 Å². The van der Waals surface area contributed by atoms with E-state index in [9.17, 15) is 0 Å². The van der Waals surface area contributed by atoms with E-state index in [2.05, 4.69) is 21.0 Å². The van der Waals surface area contributed by atoms with Crippen molar-refractivity contribution in [2.24, 2.45) is 4.99 Å². The SMILES string of the molecule is COc1ccc(CN=Cc2cc3c(SC)ncnc3s2)cc1OC. The van der Waals surface area contributed by atoms with Gasteiger partial charge in [0.05, 0.1) is 20.8 Å². The lowest BCUT2D eigenvalue weighted by Gasteiger charge is -2.08. The minimum absolute atomic E-state index is 0.579. The summed E-state index contributed by atoms with van der Waals surface area (Å²) in [5.41, 5.74) is 1.06. The first-order chi connectivity index (χ1) is 11.7. The van der Waals surface area contributed by atoms with E-state index in [1.54, 1.807) is 43.6 Å². The Bertz CT molecular complexity index is 877. The predicted octanol–water partition coefficient (Wildman–Crippen LogP) is 4.05. The molecule has 0 bridgehead atoms. The minimum atomic E-state index is 0.579. The Kier molecular flexibility index (Phi) is 5.32. The molecule has 0 aliphatic rings. The molecule has 2 aromatic heterocycles. The van der Waals surface area contributed by atoms with E-state index >= 15 is 0 Å². The lowest BCUT2D eigenvalue weighted by molar-refractivity contribution is 0.354. The summed E-state index contributed by atoms with van der Waals surface area (Å²) in [6, 6.07) is 7.91. The van der Waals surface area contributed by atoms with Crippen LogP contribution in [-0.2, 0) is 6.54 Å². The highest BCUT2D eigenvalue weighted by atomic mass is 32.2. The van der Waals surface area contributed by atoms with Gasteiger partial charge in [0, 0.05) is 16.5 Å². The summed E-state index contributed by atoms with van der Waals surface area (Å²) in [5, 5.41) is 2.08. The van der Waals surface area contributed by atoms with Crippen molar-refractivity contribution in [1.82, 2.24) is 9.97 Å². The summed E-state index contributed by atoms with van der Waals surface area (Å²) in [6.07, 6.45) is 5.51. The molecule has 2 heterocycles. The number of ether oxygens (including phenoxy) is 2. The molecule has 124 valence electrons. The maximum Gasteiger partial charge on any atom is 0.161 e. The molecule has 3 aromatic rings. The lowest BCUT2D eigenvalue weighted by atomic mass is 10.2. The molecule has 0 unspecified atom stereocenters. The van der Waals surface area contributed by atoms with Crippen LogP contribution >= 0.6 is 23.1 Å². The quantitative estimate of drug-likeness (QED) is 0.377. The van der Waals surface area contributed by atoms with E-state index in [0.717, 1.165) is 31.4 Å². The minimum Gasteiger partial charge on any atom is -0.493 e. The number of benzene rings is 1. The van der Waals surface area contributed by atoms with Crippen molar-refractivity contribution >= 4 is 39.5 Å². The fourth-order valence-electron chi connectivity index (χ4n) is 2.30. The van der Waals surface area contributed by atoms with Gasteiger partial charge in [-0.1, -0.05) is 6.07 Å². The van der Waals surface area contributed by atoms with Crippen LogP contribution in [-0.4, -0.2) is 36.7 Å². The number of nitrogens with zero attached hydrogens (tertiary/aromatic N) is 3. The molecule has 0 aliphatic heterocycles. The fourth-order valence-corrected chi connectivity index (χ4v) is 3.78. The van der Waals surface area contributed by atoms with Gasteiger partial charge in [-0.15, -0.1) is 23.1 Å². The maximum absolute atomic E-state index is 5.31. The molecule has 0 saturated carbocycles. The average Bonchev–Trinajstić information content (AvgIpc) is 3.04. The molecule has 7 heteroatoms. The normalized spacial score (nSPS) is 11.3. The van der Waals surface area contributed by atoms with Crippen molar-refractivity contribution in [1.29, 1.82) is 0 Å². The zero-order chi connectivity index (χ0) is 16.9. The summed E-state index contributed by atoms with van der Waals surface area (Å²) in [6.45, 7) is 0.579. The lowest BCUT2D eigenvalue weighted by Crippen LogP contribution is -1.92. The summed E-state index contributed by atoms with van der Waals surface area (Å²) in [4.78, 5) is 15.2. The summed E-state index contributed by atoms with van der Waals surface area (Å²) < 4.78 is 10.6. The topological polar surface area (TPSA) is 56.6 Å². The van der Waals surface area contributed by atoms with Gasteiger partial charge in [0.1, 0.15) is 16.2 Å². The molecular weight excluding hydrogens is 342 g/mol. The number of methoxy groups -OCH3 is 2. The van der Waals surface area contributed by atoms with Gasteiger partial charge in [-0.05, 0) is 30.0 Å². The average molecular weight is 359 g/mol. The van der Waals surface area contributed by atoms with Crippen LogP contribution in [0.1, 0.15) is 10.4 Å². The van der Waals surface area contributed by atoms with Crippen LogP contribution in [0, 0.1) is 0 Å². The van der Waals surface area contributed by atoms with Gasteiger partial charge in [0.2, 0.25) is 0 Å². The number of rotatable bonds is 6. The zero-order valence-corrected chi connectivity index (χ0v) is 15.3. The third-order valence-corrected chi connectivity index (χ3v) is 5.14. The van der Waals surface area contributed by atoms with Gasteiger partial charge in [-0.2, -0.15) is 0 Å². The number of hydrogen-bond acceptors (Lipinski definition) is 7. The second-order valence-electron chi connectivity index (χ2n) is 4.91. The molecule has 0 saturated heterocycles. The van der Waals surface area contributed by atoms with Crippen molar-refractivity contribution < 1.29 is 9.47 Å². The number of hydrogen-bond donors (Lipinski definition) is 0. The Hall–Kier alpha value is -2.12. The van der Waals surface area contributed by atoms with E-state index in [0.29, 0.717) is 12.3 Å². The first-order valence-electron chi connectivity index (χ1n) is 7.24. The molecule has 0 atom stereocenters. The molecule has 0 aliphatic carbocycles. The maximum atomic E-state index is 5.31. The highest BCUT2D eigenvalue weighted by Gasteiger charge is 2.07. The second kappa shape index (κ2) is 7.63. The van der Waals surface area contributed by atoms with Gasteiger partial charge in [-0.3, -0.25) is 4.99 Å². The Morgan fingerprint density at radius 1 is 1.17 bits per heavy atom. The zero-order valence-electron chi connectivity index (χ0n) is 13.6. The van der Waals surface area contributed by atoms with Crippen molar-refractivity contribution in [3.05, 3.63) is 41.0 Å². The van der Waals surface area contributed by atoms with Crippen LogP contribution in [0.2, 0.25) is 0 Å². The Balaban J connectivity index is 1.77. The molecule has 0 N–H and O–H groups in total. The van der Waals surface area contributed by atoms with Gasteiger partial charge >= 0.3 is 0 Å². The van der Waals surface area contributed by atoms with Crippen molar-refractivity contribution in [3.8, 4) is 11.5 Å². The van der Waals surface area contributed by atoms with Gasteiger partial charge < -0.3 is 9.47 Å². The van der Waals surface area contributed by atoms with Crippen LogP contribution < -0.4 is 9.47 Å². The predicted molar refractivity (Wildman–Crippen MR) is 100 cm³/mol. The smallest absolute Gasteiger partial charge is 0.161 e. The van der Waals surface area contributed by atoms with Gasteiger partial charge in [0.15, 0.2) is 11.5 Å². The van der Waals surface area contributed by atoms with E-state index in [1.807, 2.05) is 30.7 Å². The largest absolute Gasteiger partial charge is 0.493 e. The molecule has 0 amide bonds. The standard InChI is InChI=1S/C17H17N3O2S2/c1-21-14-5-4-11(6-15(14)22-2)8-18-9-12-7-13-16(23-3)19-10-20-17(13)24-12/h4-7,9-10H,8H2,1-3H3. The van der Waals surface area contributed by atoms with Crippen LogP contribution in [0.4, 0.5) is 0 Å². The van der Waals surface area contributed by atoms with E-state index < -0.39 is 0 Å². The molecule has 1 aromatic carbocycles. The number of thiophene rings is 1. The Labute approximate surface area is 148 Å². The highest BCUT2D eigenvalue weighted by Crippen LogP contribution is 2.29. The molecule has 5 nitrogen and oxygen atoms in total. The van der Waals surface area contributed by atoms with Gasteiger partial charge in [0.25, 0.3) is 0 Å². The van der Waals surface area contributed by atoms with Crippen LogP contribution in [0.15, 0.2) is 40.6 Å². The Morgan fingerprint density at radius 3 is 2.75 bits per heavy atom. The number of aromatic nitrogens is 2. The highest BCUT2D eigenvalue weighted by molar-refractivity contribution is 7.98. The van der Waals surface area contributed by atoms with E-state index in [-0.39, 0.29) is 0 Å². The molecule has 0 radical (unpaired) electrons. The summed E-state index contributed by atoms with van der Waals surface area (Å²) in [7, 11) is 3.26. The van der Waals surface area contributed by atoms with Crippen LogP contribution in [0.5, 0.6) is 11.5 Å². The number of aliphatic imine (C=N–C) groups is 1. The van der Waals surface area contributed by atoms with Crippen molar-refractivity contribution in [2.45, 2.75) is 11.6 Å². The molecule has 3 rings (SSSR count). The van der Waals surface area contributed by atoms with Crippen molar-refractivity contribution in [2.75, 3.05) is 20.5 Å². The van der Waals surface area contributed by atoms with Crippen LogP contribution in [0.3, 0.4) is 0 Å². The third-order valence-electron chi connectivity index (χ3n) is 3.45. The molecular formula is C17H17N3O2S2. The van der Waals surface area contributed by atoms with Crippen LogP contribution in [0.25, 0.3) is 10.2 Å². The van der Waals surface area contributed by atoms with Crippen molar-refractivity contribution in [3.63, 3.8) is 0 Å². The molecule has 24 heavy (non-hydrogen) atoms. The van der Waals surface area contributed by atoms with Gasteiger partial charge in [-0.25, -0.2) is 9.97 Å². The Morgan fingerprint density at radius 2 is 2.00 bits per heavy atom. The summed E-state index contributed by atoms with van der Waals surface area (Å²) >= 11 is 3.24. The molecule has 0 fully saturated rings. The monoisotopic (exact) mass is 359 g/mol. The third kappa shape index (κ3) is 3.52. The first-order valence-corrected chi connectivity index (χ1v) is 9.28. The fraction of sp³-hybridized carbons (Fsp3) is 0.235. The molecule has 0 spiro atoms. The first kappa shape index (κ1) is 16.7. The number of fused-ring (bicyclic) bond motifs is 1.